The van der Waals surface area contributed by atoms with Gasteiger partial charge < -0.3 is 10.2 Å². The molecule has 0 heterocycles. The SMILES string of the molecule is CCCCCC(O)(CCCCC)c1cccc(C=CCCCC(=O)O)c1. The van der Waals surface area contributed by atoms with Gasteiger partial charge in [-0.2, -0.15) is 0 Å². The summed E-state index contributed by atoms with van der Waals surface area (Å²) in [6, 6.07) is 8.18. The van der Waals surface area contributed by atoms with E-state index in [0.717, 1.165) is 68.9 Å². The van der Waals surface area contributed by atoms with Crippen molar-refractivity contribution in [1.29, 1.82) is 0 Å². The minimum Gasteiger partial charge on any atom is -0.481 e. The highest BCUT2D eigenvalue weighted by Crippen LogP contribution is 2.33. The van der Waals surface area contributed by atoms with E-state index in [-0.39, 0.29) is 6.42 Å². The number of carboxylic acids is 1. The van der Waals surface area contributed by atoms with Crippen molar-refractivity contribution in [3.63, 3.8) is 0 Å². The third-order valence-corrected chi connectivity index (χ3v) is 4.88. The Kier molecular flexibility index (Phi) is 11.0. The summed E-state index contributed by atoms with van der Waals surface area (Å²) in [5.41, 5.74) is 1.34. The molecule has 0 aromatic heterocycles. The van der Waals surface area contributed by atoms with Crippen LogP contribution in [0.25, 0.3) is 6.08 Å². The molecule has 0 radical (unpaired) electrons. The van der Waals surface area contributed by atoms with Gasteiger partial charge in [0.25, 0.3) is 0 Å². The predicted molar refractivity (Wildman–Crippen MR) is 109 cm³/mol. The summed E-state index contributed by atoms with van der Waals surface area (Å²) in [5.74, 6) is -0.746. The first-order chi connectivity index (χ1) is 12.5. The molecular weight excluding hydrogens is 324 g/mol. The Bertz CT molecular complexity index is 538. The van der Waals surface area contributed by atoms with Crippen LogP contribution in [0.5, 0.6) is 0 Å². The first kappa shape index (κ1) is 22.4. The summed E-state index contributed by atoms with van der Waals surface area (Å²) in [4.78, 5) is 10.6. The van der Waals surface area contributed by atoms with E-state index in [1.54, 1.807) is 0 Å². The highest BCUT2D eigenvalue weighted by atomic mass is 16.4. The molecule has 3 nitrogen and oxygen atoms in total. The monoisotopic (exact) mass is 360 g/mol. The molecule has 26 heavy (non-hydrogen) atoms. The van der Waals surface area contributed by atoms with Crippen molar-refractivity contribution in [3.05, 3.63) is 41.5 Å². The molecule has 0 unspecified atom stereocenters. The molecule has 1 aromatic rings. The van der Waals surface area contributed by atoms with Crippen LogP contribution in [-0.2, 0) is 10.4 Å². The zero-order valence-electron chi connectivity index (χ0n) is 16.5. The number of hydrogen-bond acceptors (Lipinski definition) is 2. The fourth-order valence-electron chi connectivity index (χ4n) is 3.27. The Labute approximate surface area is 159 Å². The van der Waals surface area contributed by atoms with Crippen molar-refractivity contribution in [2.75, 3.05) is 0 Å². The number of aliphatic hydroxyl groups is 1. The second kappa shape index (κ2) is 12.7. The first-order valence-electron chi connectivity index (χ1n) is 10.2. The van der Waals surface area contributed by atoms with Crippen molar-refractivity contribution in [2.45, 2.75) is 90.1 Å². The van der Waals surface area contributed by atoms with Gasteiger partial charge in [-0.25, -0.2) is 0 Å². The second-order valence-electron chi connectivity index (χ2n) is 7.26. The molecule has 1 rings (SSSR count). The Morgan fingerprint density at radius 1 is 1.04 bits per heavy atom. The van der Waals surface area contributed by atoms with Crippen LogP contribution in [0.2, 0.25) is 0 Å². The van der Waals surface area contributed by atoms with Gasteiger partial charge in [0, 0.05) is 6.42 Å². The number of aliphatic carboxylic acids is 1. The number of allylic oxidation sites excluding steroid dienone is 1. The third kappa shape index (κ3) is 8.66. The molecule has 1 aromatic carbocycles. The molecule has 0 aliphatic rings. The summed E-state index contributed by atoms with van der Waals surface area (Å²) >= 11 is 0. The first-order valence-corrected chi connectivity index (χ1v) is 10.2. The number of carboxylic acid groups (broad SMARTS) is 1. The van der Waals surface area contributed by atoms with Crippen LogP contribution in [0.15, 0.2) is 30.3 Å². The molecule has 0 bridgehead atoms. The lowest BCUT2D eigenvalue weighted by molar-refractivity contribution is -0.137. The van der Waals surface area contributed by atoms with Gasteiger partial charge in [0.15, 0.2) is 0 Å². The van der Waals surface area contributed by atoms with E-state index in [4.69, 9.17) is 5.11 Å². The molecule has 0 saturated heterocycles. The maximum Gasteiger partial charge on any atom is 0.303 e. The lowest BCUT2D eigenvalue weighted by Gasteiger charge is -2.29. The molecule has 0 aliphatic heterocycles. The Hall–Kier alpha value is -1.61. The summed E-state index contributed by atoms with van der Waals surface area (Å²) in [7, 11) is 0. The lowest BCUT2D eigenvalue weighted by Crippen LogP contribution is -2.25. The van der Waals surface area contributed by atoms with Crippen molar-refractivity contribution >= 4 is 12.0 Å². The molecule has 0 aliphatic carbocycles. The van der Waals surface area contributed by atoms with E-state index < -0.39 is 11.6 Å². The van der Waals surface area contributed by atoms with Gasteiger partial charge in [-0.3, -0.25) is 4.79 Å². The summed E-state index contributed by atoms with van der Waals surface area (Å²) < 4.78 is 0. The minimum absolute atomic E-state index is 0.207. The van der Waals surface area contributed by atoms with E-state index in [9.17, 15) is 9.90 Å². The third-order valence-electron chi connectivity index (χ3n) is 4.88. The van der Waals surface area contributed by atoms with Crippen LogP contribution in [-0.4, -0.2) is 16.2 Å². The zero-order chi connectivity index (χ0) is 19.3. The molecule has 0 saturated carbocycles. The lowest BCUT2D eigenvalue weighted by atomic mass is 9.83. The highest BCUT2D eigenvalue weighted by Gasteiger charge is 2.28. The van der Waals surface area contributed by atoms with Gasteiger partial charge in [0.1, 0.15) is 0 Å². The van der Waals surface area contributed by atoms with Gasteiger partial charge in [0.05, 0.1) is 5.60 Å². The molecule has 0 atom stereocenters. The summed E-state index contributed by atoms with van der Waals surface area (Å²) in [6.45, 7) is 4.37. The standard InChI is InChI=1S/C23H36O3/c1-3-5-10-17-23(26,18-11-6-4-2)21-15-12-14-20(19-21)13-8-7-9-16-22(24)25/h8,12-15,19,26H,3-7,9-11,16-18H2,1-2H3,(H,24,25). The van der Waals surface area contributed by atoms with Gasteiger partial charge in [-0.15, -0.1) is 0 Å². The van der Waals surface area contributed by atoms with E-state index in [0.29, 0.717) is 6.42 Å². The second-order valence-corrected chi connectivity index (χ2v) is 7.26. The quantitative estimate of drug-likeness (QED) is 0.383. The fourth-order valence-corrected chi connectivity index (χ4v) is 3.27. The van der Waals surface area contributed by atoms with E-state index in [2.05, 4.69) is 19.9 Å². The summed E-state index contributed by atoms with van der Waals surface area (Å²) in [6.07, 6.45) is 14.0. The molecule has 3 heteroatoms. The van der Waals surface area contributed by atoms with E-state index in [1.807, 2.05) is 30.4 Å². The predicted octanol–water partition coefficient (Wildman–Crippen LogP) is 6.30. The van der Waals surface area contributed by atoms with Crippen LogP contribution in [0.1, 0.15) is 95.6 Å². The Balaban J connectivity index is 2.79. The van der Waals surface area contributed by atoms with Crippen LogP contribution in [0, 0.1) is 0 Å². The molecule has 0 amide bonds. The van der Waals surface area contributed by atoms with Crippen LogP contribution >= 0.6 is 0 Å². The Morgan fingerprint density at radius 3 is 2.27 bits per heavy atom. The van der Waals surface area contributed by atoms with Gasteiger partial charge in [-0.05, 0) is 42.9 Å². The maximum atomic E-state index is 11.3. The minimum atomic E-state index is -0.746. The van der Waals surface area contributed by atoms with Crippen molar-refractivity contribution in [3.8, 4) is 0 Å². The average Bonchev–Trinajstić information content (AvgIpc) is 2.62. The van der Waals surface area contributed by atoms with Crippen LogP contribution in [0.4, 0.5) is 0 Å². The van der Waals surface area contributed by atoms with Crippen molar-refractivity contribution < 1.29 is 15.0 Å². The number of benzene rings is 1. The van der Waals surface area contributed by atoms with Crippen LogP contribution in [0.3, 0.4) is 0 Å². The smallest absolute Gasteiger partial charge is 0.303 e. The zero-order valence-corrected chi connectivity index (χ0v) is 16.5. The average molecular weight is 361 g/mol. The van der Waals surface area contributed by atoms with Gasteiger partial charge in [0.2, 0.25) is 0 Å². The largest absolute Gasteiger partial charge is 0.481 e. The number of hydrogen-bond donors (Lipinski definition) is 2. The number of rotatable bonds is 14. The van der Waals surface area contributed by atoms with Crippen molar-refractivity contribution in [1.82, 2.24) is 0 Å². The van der Waals surface area contributed by atoms with E-state index in [1.165, 1.54) is 0 Å². The van der Waals surface area contributed by atoms with Gasteiger partial charge in [-0.1, -0.05) is 82.7 Å². The fraction of sp³-hybridized carbons (Fsp3) is 0.609. The Morgan fingerprint density at radius 2 is 1.69 bits per heavy atom. The molecule has 2 N–H and O–H groups in total. The molecular formula is C23H36O3. The number of carbonyl (C=O) groups is 1. The van der Waals surface area contributed by atoms with E-state index >= 15 is 0 Å². The number of unbranched alkanes of at least 4 members (excludes halogenated alkanes) is 5. The van der Waals surface area contributed by atoms with Crippen LogP contribution < -0.4 is 0 Å². The molecule has 0 spiro atoms. The van der Waals surface area contributed by atoms with Crippen molar-refractivity contribution in [2.24, 2.45) is 0 Å². The molecule has 146 valence electrons. The highest BCUT2D eigenvalue weighted by molar-refractivity contribution is 5.66. The van der Waals surface area contributed by atoms with Gasteiger partial charge >= 0.3 is 5.97 Å². The molecule has 0 fully saturated rings. The maximum absolute atomic E-state index is 11.3. The summed E-state index contributed by atoms with van der Waals surface area (Å²) in [5, 5.41) is 20.0. The topological polar surface area (TPSA) is 57.5 Å². The normalized spacial score (nSPS) is 12.0.